The van der Waals surface area contributed by atoms with Crippen LogP contribution in [0.3, 0.4) is 0 Å². The van der Waals surface area contributed by atoms with Gasteiger partial charge < -0.3 is 9.64 Å². The maximum absolute atomic E-state index is 13.0. The first-order valence-electron chi connectivity index (χ1n) is 10.1. The lowest BCUT2D eigenvalue weighted by Gasteiger charge is -2.36. The number of aromatic nitrogens is 5. The van der Waals surface area contributed by atoms with Crippen LogP contribution in [-0.4, -0.2) is 73.7 Å². The molecule has 1 atom stereocenters. The summed E-state index contributed by atoms with van der Waals surface area (Å²) in [6, 6.07) is 4.12. The molecule has 0 bridgehead atoms. The molecule has 2 aromatic rings. The molecule has 0 saturated carbocycles. The first-order chi connectivity index (χ1) is 13.8. The van der Waals surface area contributed by atoms with Crippen molar-refractivity contribution >= 4 is 5.91 Å². The van der Waals surface area contributed by atoms with Crippen molar-refractivity contribution in [2.45, 2.75) is 44.8 Å². The summed E-state index contributed by atoms with van der Waals surface area (Å²) in [5.41, 5.74) is 1.12. The summed E-state index contributed by atoms with van der Waals surface area (Å²) in [5, 5.41) is 12.1. The van der Waals surface area contributed by atoms with Crippen molar-refractivity contribution in [3.8, 4) is 0 Å². The number of tetrazole rings is 1. The quantitative estimate of drug-likeness (QED) is 0.734. The fourth-order valence-electron chi connectivity index (χ4n) is 3.96. The monoisotopic (exact) mass is 385 g/mol. The Labute approximate surface area is 164 Å². The highest BCUT2D eigenvalue weighted by atomic mass is 16.5. The predicted octanol–water partition coefficient (Wildman–Crippen LogP) is 1.04. The topological polar surface area (TPSA) is 89.3 Å². The van der Waals surface area contributed by atoms with Crippen molar-refractivity contribution in [2.75, 3.05) is 32.8 Å². The lowest BCUT2D eigenvalue weighted by molar-refractivity contribution is -0.135. The summed E-state index contributed by atoms with van der Waals surface area (Å²) in [6.07, 6.45) is 7.22. The lowest BCUT2D eigenvalue weighted by Crippen LogP contribution is -2.39. The van der Waals surface area contributed by atoms with E-state index in [4.69, 9.17) is 4.74 Å². The van der Waals surface area contributed by atoms with Gasteiger partial charge in [0, 0.05) is 38.4 Å². The number of rotatable bonds is 6. The molecule has 1 amide bonds. The molecule has 0 unspecified atom stereocenters. The van der Waals surface area contributed by atoms with Crippen LogP contribution in [-0.2, 0) is 22.6 Å². The van der Waals surface area contributed by atoms with Crippen LogP contribution in [0.1, 0.15) is 43.1 Å². The van der Waals surface area contributed by atoms with Gasteiger partial charge in [-0.25, -0.2) is 4.68 Å². The fraction of sp³-hybridized carbons (Fsp3) is 0.632. The van der Waals surface area contributed by atoms with Gasteiger partial charge in [-0.2, -0.15) is 0 Å². The molecule has 2 aliphatic heterocycles. The Hall–Kier alpha value is -2.39. The largest absolute Gasteiger partial charge is 0.379 e. The highest BCUT2D eigenvalue weighted by molar-refractivity contribution is 5.76. The van der Waals surface area contributed by atoms with E-state index in [1.807, 2.05) is 17.2 Å². The molecule has 9 heteroatoms. The highest BCUT2D eigenvalue weighted by Crippen LogP contribution is 2.30. The fourth-order valence-corrected chi connectivity index (χ4v) is 3.96. The number of morpholine rings is 1. The second kappa shape index (κ2) is 9.20. The third-order valence-electron chi connectivity index (χ3n) is 5.50. The molecule has 4 heterocycles. The molecule has 2 saturated heterocycles. The zero-order valence-corrected chi connectivity index (χ0v) is 16.1. The number of nitrogens with zero attached hydrogens (tertiary/aromatic N) is 7. The number of piperidine rings is 1. The van der Waals surface area contributed by atoms with Crippen molar-refractivity contribution in [2.24, 2.45) is 0 Å². The Bertz CT molecular complexity index is 761. The Kier molecular flexibility index (Phi) is 6.23. The highest BCUT2D eigenvalue weighted by Gasteiger charge is 2.28. The minimum absolute atomic E-state index is 0.122. The average Bonchev–Trinajstić information content (AvgIpc) is 3.20. The minimum Gasteiger partial charge on any atom is -0.379 e. The van der Waals surface area contributed by atoms with Gasteiger partial charge in [-0.15, -0.1) is 5.10 Å². The van der Waals surface area contributed by atoms with E-state index in [9.17, 15) is 4.79 Å². The summed E-state index contributed by atoms with van der Waals surface area (Å²) >= 11 is 0. The van der Waals surface area contributed by atoms with Gasteiger partial charge in [0.25, 0.3) is 0 Å². The van der Waals surface area contributed by atoms with Gasteiger partial charge in [-0.1, -0.05) is 6.07 Å². The van der Waals surface area contributed by atoms with Gasteiger partial charge in [0.1, 0.15) is 0 Å². The van der Waals surface area contributed by atoms with Crippen LogP contribution >= 0.6 is 0 Å². The minimum atomic E-state index is 0.122. The first-order valence-corrected chi connectivity index (χ1v) is 10.1. The van der Waals surface area contributed by atoms with Gasteiger partial charge in [-0.05, 0) is 41.3 Å². The number of hydrogen-bond acceptors (Lipinski definition) is 7. The van der Waals surface area contributed by atoms with Crippen LogP contribution < -0.4 is 0 Å². The molecule has 4 rings (SSSR count). The van der Waals surface area contributed by atoms with Crippen LogP contribution in [0.15, 0.2) is 24.5 Å². The molecule has 150 valence electrons. The van der Waals surface area contributed by atoms with Gasteiger partial charge in [0.15, 0.2) is 5.82 Å². The number of hydrogen-bond donors (Lipinski definition) is 0. The molecule has 0 aliphatic carbocycles. The third kappa shape index (κ3) is 4.53. The molecule has 0 spiro atoms. The van der Waals surface area contributed by atoms with Gasteiger partial charge in [0.2, 0.25) is 5.91 Å². The number of likely N-dealkylation sites (tertiary alicyclic amines) is 1. The Balaban J connectivity index is 1.36. The number of ether oxygens (including phenoxy) is 1. The van der Waals surface area contributed by atoms with E-state index in [-0.39, 0.29) is 11.9 Å². The third-order valence-corrected chi connectivity index (χ3v) is 5.50. The molecule has 9 nitrogen and oxygen atoms in total. The van der Waals surface area contributed by atoms with Crippen molar-refractivity contribution in [1.82, 2.24) is 35.0 Å². The van der Waals surface area contributed by atoms with E-state index in [2.05, 4.69) is 31.5 Å². The van der Waals surface area contributed by atoms with Crippen molar-refractivity contribution in [3.63, 3.8) is 0 Å². The molecule has 0 N–H and O–H groups in total. The SMILES string of the molecule is O=C(CCn1nnnc1CN1CCOCC1)N1CCCC[C@H]1c1cccnc1. The Morgan fingerprint density at radius 1 is 1.21 bits per heavy atom. The number of aryl methyl sites for hydroxylation is 1. The summed E-state index contributed by atoms with van der Waals surface area (Å²) < 4.78 is 7.15. The van der Waals surface area contributed by atoms with Crippen molar-refractivity contribution in [1.29, 1.82) is 0 Å². The second-order valence-electron chi connectivity index (χ2n) is 7.34. The summed E-state index contributed by atoms with van der Waals surface area (Å²) in [5.74, 6) is 0.957. The number of carbonyl (C=O) groups excluding carboxylic acids is 1. The molecule has 28 heavy (non-hydrogen) atoms. The summed E-state index contributed by atoms with van der Waals surface area (Å²) in [6.45, 7) is 5.23. The normalized spacial score (nSPS) is 21.0. The van der Waals surface area contributed by atoms with Gasteiger partial charge >= 0.3 is 0 Å². The standard InChI is InChI=1S/C19H27N7O2/c27-19(25-8-2-1-5-17(25)16-4-3-7-20-14-16)6-9-26-18(21-22-23-26)15-24-10-12-28-13-11-24/h3-4,7,14,17H,1-2,5-6,8-13,15H2/t17-/m0/s1. The zero-order chi connectivity index (χ0) is 19.2. The van der Waals surface area contributed by atoms with Crippen LogP contribution in [0.25, 0.3) is 0 Å². The molecule has 0 aromatic carbocycles. The Morgan fingerprint density at radius 3 is 2.93 bits per heavy atom. The van der Waals surface area contributed by atoms with Crippen molar-refractivity contribution in [3.05, 3.63) is 35.9 Å². The number of amides is 1. The summed E-state index contributed by atoms with van der Waals surface area (Å²) in [4.78, 5) is 21.5. The molecule has 2 aromatic heterocycles. The smallest absolute Gasteiger partial charge is 0.224 e. The summed E-state index contributed by atoms with van der Waals surface area (Å²) in [7, 11) is 0. The maximum Gasteiger partial charge on any atom is 0.224 e. The molecule has 2 fully saturated rings. The molecular weight excluding hydrogens is 358 g/mol. The average molecular weight is 385 g/mol. The lowest BCUT2D eigenvalue weighted by atomic mass is 9.96. The van der Waals surface area contributed by atoms with Crippen LogP contribution in [0.2, 0.25) is 0 Å². The van der Waals surface area contributed by atoms with E-state index < -0.39 is 0 Å². The van der Waals surface area contributed by atoms with E-state index >= 15 is 0 Å². The van der Waals surface area contributed by atoms with Crippen LogP contribution in [0.5, 0.6) is 0 Å². The molecule has 0 radical (unpaired) electrons. The Morgan fingerprint density at radius 2 is 2.11 bits per heavy atom. The van der Waals surface area contributed by atoms with Crippen LogP contribution in [0, 0.1) is 0 Å². The molecule has 2 aliphatic rings. The van der Waals surface area contributed by atoms with E-state index in [1.54, 1.807) is 10.9 Å². The van der Waals surface area contributed by atoms with Crippen LogP contribution in [0.4, 0.5) is 0 Å². The maximum atomic E-state index is 13.0. The van der Waals surface area contributed by atoms with E-state index in [0.29, 0.717) is 19.5 Å². The van der Waals surface area contributed by atoms with Gasteiger partial charge in [0.05, 0.1) is 32.3 Å². The number of carbonyl (C=O) groups is 1. The van der Waals surface area contributed by atoms with Gasteiger partial charge in [-0.3, -0.25) is 14.7 Å². The second-order valence-corrected chi connectivity index (χ2v) is 7.34. The number of pyridine rings is 1. The van der Waals surface area contributed by atoms with E-state index in [0.717, 1.165) is 63.5 Å². The molecular formula is C19H27N7O2. The van der Waals surface area contributed by atoms with Crippen molar-refractivity contribution < 1.29 is 9.53 Å². The predicted molar refractivity (Wildman–Crippen MR) is 101 cm³/mol. The zero-order valence-electron chi connectivity index (χ0n) is 16.1. The first kappa shape index (κ1) is 18.9. The van der Waals surface area contributed by atoms with E-state index in [1.165, 1.54) is 0 Å².